The molecule has 0 saturated carbocycles. The minimum absolute atomic E-state index is 0.628. The van der Waals surface area contributed by atoms with E-state index in [2.05, 4.69) is 17.9 Å². The monoisotopic (exact) mass is 143 g/mol. The van der Waals surface area contributed by atoms with Crippen molar-refractivity contribution in [1.29, 1.82) is 0 Å². The highest BCUT2D eigenvalue weighted by Gasteiger charge is 2.06. The van der Waals surface area contributed by atoms with Gasteiger partial charge in [0.1, 0.15) is 0 Å². The summed E-state index contributed by atoms with van der Waals surface area (Å²) >= 11 is 0. The average Bonchev–Trinajstić information content (AvgIpc) is 2.37. The molecule has 0 spiro atoms. The number of hydrazine groups is 2. The lowest BCUT2D eigenvalue weighted by atomic mass is 10.5. The van der Waals surface area contributed by atoms with Gasteiger partial charge in [0.25, 0.3) is 0 Å². The second kappa shape index (κ2) is 3.43. The van der Waals surface area contributed by atoms with E-state index < -0.39 is 0 Å². The first-order chi connectivity index (χ1) is 4.86. The number of hydrogen-bond donors (Lipinski definition) is 2. The van der Waals surface area contributed by atoms with Crippen LogP contribution in [0, 0.1) is 0 Å². The van der Waals surface area contributed by atoms with E-state index in [0.29, 0.717) is 6.61 Å². The molecule has 0 aromatic heterocycles. The number of nitrogens with one attached hydrogen (secondary N) is 2. The second-order valence-corrected chi connectivity index (χ2v) is 2.11. The van der Waals surface area contributed by atoms with Crippen LogP contribution in [-0.2, 0) is 4.74 Å². The minimum atomic E-state index is 0.628. The fourth-order valence-electron chi connectivity index (χ4n) is 0.795. The van der Waals surface area contributed by atoms with E-state index in [1.165, 1.54) is 0 Å². The zero-order valence-corrected chi connectivity index (χ0v) is 6.35. The van der Waals surface area contributed by atoms with E-state index in [-0.39, 0.29) is 0 Å². The maximum Gasteiger partial charge on any atom is 0.0888 e. The Morgan fingerprint density at radius 1 is 1.70 bits per heavy atom. The Hall–Kier alpha value is -0.740. The number of nitrogens with zero attached hydrogens (tertiary/aromatic N) is 1. The molecular formula is C6H13N3O. The van der Waals surface area contributed by atoms with Crippen LogP contribution in [0.4, 0.5) is 0 Å². The molecule has 0 bridgehead atoms. The van der Waals surface area contributed by atoms with Crippen LogP contribution in [0.25, 0.3) is 0 Å². The summed E-state index contributed by atoms with van der Waals surface area (Å²) in [5.74, 6) is 0. The van der Waals surface area contributed by atoms with Gasteiger partial charge in [0, 0.05) is 19.9 Å². The van der Waals surface area contributed by atoms with Crippen molar-refractivity contribution in [3.05, 3.63) is 11.9 Å². The average molecular weight is 143 g/mol. The highest BCUT2D eigenvalue weighted by Crippen LogP contribution is 1.97. The molecule has 1 heterocycles. The SMILES string of the molecule is CCN1C=C(COC)NN1. The second-order valence-electron chi connectivity index (χ2n) is 2.11. The minimum Gasteiger partial charge on any atom is -0.378 e. The largest absolute Gasteiger partial charge is 0.378 e. The van der Waals surface area contributed by atoms with Gasteiger partial charge in [0.2, 0.25) is 0 Å². The standard InChI is InChI=1S/C6H13N3O/c1-3-9-4-6(5-10-2)7-8-9/h4,7-8H,3,5H2,1-2H3. The smallest absolute Gasteiger partial charge is 0.0888 e. The first-order valence-corrected chi connectivity index (χ1v) is 3.34. The third-order valence-electron chi connectivity index (χ3n) is 1.31. The van der Waals surface area contributed by atoms with Gasteiger partial charge < -0.3 is 10.2 Å². The van der Waals surface area contributed by atoms with Crippen LogP contribution in [0.5, 0.6) is 0 Å². The molecule has 4 nitrogen and oxygen atoms in total. The van der Waals surface area contributed by atoms with Crippen LogP contribution >= 0.6 is 0 Å². The Morgan fingerprint density at radius 2 is 2.50 bits per heavy atom. The molecule has 10 heavy (non-hydrogen) atoms. The molecule has 58 valence electrons. The summed E-state index contributed by atoms with van der Waals surface area (Å²) in [6.45, 7) is 3.64. The van der Waals surface area contributed by atoms with Crippen molar-refractivity contribution in [3.63, 3.8) is 0 Å². The van der Waals surface area contributed by atoms with Gasteiger partial charge in [-0.2, -0.15) is 0 Å². The van der Waals surface area contributed by atoms with E-state index in [4.69, 9.17) is 4.74 Å². The topological polar surface area (TPSA) is 36.5 Å². The van der Waals surface area contributed by atoms with E-state index in [9.17, 15) is 0 Å². The Kier molecular flexibility index (Phi) is 2.53. The zero-order valence-electron chi connectivity index (χ0n) is 6.35. The number of methoxy groups -OCH3 is 1. The van der Waals surface area contributed by atoms with Crippen LogP contribution in [0.15, 0.2) is 11.9 Å². The molecule has 0 saturated heterocycles. The van der Waals surface area contributed by atoms with Gasteiger partial charge in [0.05, 0.1) is 12.3 Å². The van der Waals surface area contributed by atoms with Gasteiger partial charge in [-0.15, -0.1) is 5.53 Å². The summed E-state index contributed by atoms with van der Waals surface area (Å²) in [6.07, 6.45) is 1.99. The normalized spacial score (nSPS) is 17.0. The third-order valence-corrected chi connectivity index (χ3v) is 1.31. The predicted octanol–water partition coefficient (Wildman–Crippen LogP) is -0.181. The molecule has 0 fully saturated rings. The van der Waals surface area contributed by atoms with Crippen molar-refractivity contribution in [3.8, 4) is 0 Å². The molecule has 2 N–H and O–H groups in total. The number of rotatable bonds is 3. The molecule has 1 rings (SSSR count). The van der Waals surface area contributed by atoms with Gasteiger partial charge >= 0.3 is 0 Å². The summed E-state index contributed by atoms with van der Waals surface area (Å²) in [5.41, 5.74) is 6.98. The number of ether oxygens (including phenoxy) is 1. The molecule has 1 aliphatic rings. The van der Waals surface area contributed by atoms with E-state index in [0.717, 1.165) is 12.2 Å². The Labute approximate surface area is 60.8 Å². The van der Waals surface area contributed by atoms with Gasteiger partial charge in [-0.3, -0.25) is 5.01 Å². The summed E-state index contributed by atoms with van der Waals surface area (Å²) in [7, 11) is 1.68. The fourth-order valence-corrected chi connectivity index (χ4v) is 0.795. The van der Waals surface area contributed by atoms with E-state index in [1.54, 1.807) is 7.11 Å². The van der Waals surface area contributed by atoms with E-state index >= 15 is 0 Å². The van der Waals surface area contributed by atoms with Gasteiger partial charge in [0.15, 0.2) is 0 Å². The van der Waals surface area contributed by atoms with Crippen molar-refractivity contribution in [1.82, 2.24) is 16.0 Å². The first kappa shape index (κ1) is 7.37. The van der Waals surface area contributed by atoms with Gasteiger partial charge in [-0.25, -0.2) is 0 Å². The van der Waals surface area contributed by atoms with Crippen LogP contribution in [-0.4, -0.2) is 25.3 Å². The third kappa shape index (κ3) is 1.62. The highest BCUT2D eigenvalue weighted by atomic mass is 16.5. The molecule has 0 amide bonds. The van der Waals surface area contributed by atoms with Gasteiger partial charge in [-0.05, 0) is 6.92 Å². The maximum absolute atomic E-state index is 4.92. The molecule has 0 unspecified atom stereocenters. The van der Waals surface area contributed by atoms with E-state index in [1.807, 2.05) is 11.2 Å². The molecule has 4 heteroatoms. The Bertz CT molecular complexity index is 135. The number of hydrogen-bond acceptors (Lipinski definition) is 4. The van der Waals surface area contributed by atoms with Crippen molar-refractivity contribution in [2.24, 2.45) is 0 Å². The maximum atomic E-state index is 4.92. The summed E-state index contributed by atoms with van der Waals surface area (Å²) < 4.78 is 4.92. The van der Waals surface area contributed by atoms with Crippen molar-refractivity contribution in [2.75, 3.05) is 20.3 Å². The lowest BCUT2D eigenvalue weighted by Gasteiger charge is -2.10. The van der Waals surface area contributed by atoms with Crippen molar-refractivity contribution < 1.29 is 4.74 Å². The molecule has 0 aliphatic carbocycles. The quantitative estimate of drug-likeness (QED) is 0.574. The zero-order chi connectivity index (χ0) is 7.40. The highest BCUT2D eigenvalue weighted by molar-refractivity contribution is 5.01. The molecule has 1 aliphatic heterocycles. The predicted molar refractivity (Wildman–Crippen MR) is 38.6 cm³/mol. The fraction of sp³-hybridized carbons (Fsp3) is 0.667. The van der Waals surface area contributed by atoms with Gasteiger partial charge in [-0.1, -0.05) is 0 Å². The summed E-state index contributed by atoms with van der Waals surface area (Å²) in [6, 6.07) is 0. The van der Waals surface area contributed by atoms with Crippen LogP contribution in [0.1, 0.15) is 6.92 Å². The first-order valence-electron chi connectivity index (χ1n) is 3.34. The van der Waals surface area contributed by atoms with Crippen molar-refractivity contribution >= 4 is 0 Å². The molecular weight excluding hydrogens is 130 g/mol. The Morgan fingerprint density at radius 3 is 3.00 bits per heavy atom. The van der Waals surface area contributed by atoms with Crippen LogP contribution in [0.3, 0.4) is 0 Å². The van der Waals surface area contributed by atoms with Crippen LogP contribution in [0.2, 0.25) is 0 Å². The molecule has 0 aromatic carbocycles. The van der Waals surface area contributed by atoms with Crippen molar-refractivity contribution in [2.45, 2.75) is 6.92 Å². The molecule has 0 radical (unpaired) electrons. The molecule has 0 aromatic rings. The van der Waals surface area contributed by atoms with Crippen LogP contribution < -0.4 is 11.0 Å². The lowest BCUT2D eigenvalue weighted by molar-refractivity contribution is 0.217. The Balaban J connectivity index is 2.33. The lowest BCUT2D eigenvalue weighted by Crippen LogP contribution is -2.36. The summed E-state index contributed by atoms with van der Waals surface area (Å²) in [4.78, 5) is 0. The summed E-state index contributed by atoms with van der Waals surface area (Å²) in [5, 5.41) is 1.95. The molecule has 0 atom stereocenters.